The minimum Gasteiger partial charge on any atom is -0.481 e. The molecule has 5 rings (SSSR count). The molecule has 2 aromatic heterocycles. The third kappa shape index (κ3) is 5.48. The molecule has 1 atom stereocenters. The highest BCUT2D eigenvalue weighted by atomic mass is 32.2. The number of pyridine rings is 1. The molecular weight excluding hydrogens is 514 g/mol. The van der Waals surface area contributed by atoms with Crippen molar-refractivity contribution in [3.63, 3.8) is 0 Å². The van der Waals surface area contributed by atoms with Crippen LogP contribution in [0.5, 0.6) is 5.75 Å². The Balaban J connectivity index is 1.32. The van der Waals surface area contributed by atoms with Crippen molar-refractivity contribution in [2.75, 3.05) is 11.5 Å². The van der Waals surface area contributed by atoms with E-state index in [1.165, 1.54) is 34.9 Å². The van der Waals surface area contributed by atoms with Crippen molar-refractivity contribution in [2.24, 2.45) is 0 Å². The topological polar surface area (TPSA) is 95.2 Å². The number of amides is 1. The van der Waals surface area contributed by atoms with Crippen LogP contribution in [-0.4, -0.2) is 43.7 Å². The molecule has 1 saturated heterocycles. The SMILES string of the molecule is CC(Oc1ccc(F)cc1)C(=O)N[C@H]1CC[C@@H](n2c(=O)c3cc(F)cnc3n(C3CCSCC3)c2=O)CC1. The fourth-order valence-corrected chi connectivity index (χ4v) is 6.45. The summed E-state index contributed by atoms with van der Waals surface area (Å²) < 4.78 is 35.7. The van der Waals surface area contributed by atoms with Crippen molar-refractivity contribution in [1.29, 1.82) is 0 Å². The minimum absolute atomic E-state index is 0.0886. The second-order valence-electron chi connectivity index (χ2n) is 9.92. The molecule has 202 valence electrons. The third-order valence-electron chi connectivity index (χ3n) is 7.38. The lowest BCUT2D eigenvalue weighted by molar-refractivity contribution is -0.128. The second-order valence-corrected chi connectivity index (χ2v) is 11.1. The van der Waals surface area contributed by atoms with Crippen LogP contribution in [0.4, 0.5) is 8.78 Å². The molecule has 1 unspecified atom stereocenters. The molecule has 1 aliphatic carbocycles. The summed E-state index contributed by atoms with van der Waals surface area (Å²) in [7, 11) is 0. The van der Waals surface area contributed by atoms with Crippen LogP contribution in [0.2, 0.25) is 0 Å². The van der Waals surface area contributed by atoms with Gasteiger partial charge in [0.2, 0.25) is 0 Å². The van der Waals surface area contributed by atoms with Gasteiger partial charge in [-0.1, -0.05) is 0 Å². The van der Waals surface area contributed by atoms with Gasteiger partial charge in [-0.3, -0.25) is 18.7 Å². The molecule has 1 aromatic carbocycles. The smallest absolute Gasteiger partial charge is 0.333 e. The second kappa shape index (κ2) is 11.3. The average Bonchev–Trinajstić information content (AvgIpc) is 2.92. The highest BCUT2D eigenvalue weighted by molar-refractivity contribution is 7.99. The Labute approximate surface area is 222 Å². The van der Waals surface area contributed by atoms with E-state index in [-0.39, 0.29) is 40.9 Å². The lowest BCUT2D eigenvalue weighted by atomic mass is 9.90. The molecule has 8 nitrogen and oxygen atoms in total. The van der Waals surface area contributed by atoms with Crippen LogP contribution in [0.3, 0.4) is 0 Å². The number of thioether (sulfide) groups is 1. The van der Waals surface area contributed by atoms with Crippen LogP contribution in [-0.2, 0) is 4.79 Å². The highest BCUT2D eigenvalue weighted by Gasteiger charge is 2.30. The summed E-state index contributed by atoms with van der Waals surface area (Å²) in [6.07, 6.45) is 4.03. The van der Waals surface area contributed by atoms with Crippen LogP contribution >= 0.6 is 11.8 Å². The van der Waals surface area contributed by atoms with Crippen molar-refractivity contribution < 1.29 is 18.3 Å². The first kappa shape index (κ1) is 26.4. The summed E-state index contributed by atoms with van der Waals surface area (Å²) in [6.45, 7) is 1.62. The molecule has 38 heavy (non-hydrogen) atoms. The fraction of sp³-hybridized carbons (Fsp3) is 0.481. The Hall–Kier alpha value is -3.21. The normalized spacial score (nSPS) is 21.2. The number of halogens is 2. The number of ether oxygens (including phenoxy) is 1. The van der Waals surface area contributed by atoms with Crippen LogP contribution < -0.4 is 21.3 Å². The van der Waals surface area contributed by atoms with E-state index >= 15 is 0 Å². The molecule has 1 aliphatic heterocycles. The van der Waals surface area contributed by atoms with Crippen LogP contribution in [0.15, 0.2) is 46.1 Å². The summed E-state index contributed by atoms with van der Waals surface area (Å²) in [5, 5.41) is 3.10. The van der Waals surface area contributed by atoms with Crippen LogP contribution in [0, 0.1) is 11.6 Å². The predicted molar refractivity (Wildman–Crippen MR) is 142 cm³/mol. The summed E-state index contributed by atoms with van der Waals surface area (Å²) in [5.74, 6) is 0.920. The van der Waals surface area contributed by atoms with Crippen molar-refractivity contribution >= 4 is 28.7 Å². The number of hydrogen-bond acceptors (Lipinski definition) is 6. The first-order valence-corrected chi connectivity index (χ1v) is 14.1. The van der Waals surface area contributed by atoms with Gasteiger partial charge in [0.25, 0.3) is 11.5 Å². The molecule has 0 bridgehead atoms. The molecule has 1 saturated carbocycles. The Morgan fingerprint density at radius 1 is 1.00 bits per heavy atom. The van der Waals surface area contributed by atoms with Gasteiger partial charge < -0.3 is 10.1 Å². The zero-order valence-electron chi connectivity index (χ0n) is 21.1. The number of rotatable bonds is 6. The largest absolute Gasteiger partial charge is 0.481 e. The predicted octanol–water partition coefficient (Wildman–Crippen LogP) is 3.97. The first-order chi connectivity index (χ1) is 18.3. The van der Waals surface area contributed by atoms with Crippen LogP contribution in [0.25, 0.3) is 11.0 Å². The van der Waals surface area contributed by atoms with Crippen molar-refractivity contribution in [2.45, 2.75) is 69.7 Å². The zero-order valence-corrected chi connectivity index (χ0v) is 21.9. The minimum atomic E-state index is -0.774. The van der Waals surface area contributed by atoms with Gasteiger partial charge in [-0.05, 0) is 87.3 Å². The van der Waals surface area contributed by atoms with E-state index in [1.54, 1.807) is 11.5 Å². The van der Waals surface area contributed by atoms with E-state index in [2.05, 4.69) is 10.3 Å². The summed E-state index contributed by atoms with van der Waals surface area (Å²) >= 11 is 1.83. The number of hydrogen-bond donors (Lipinski definition) is 1. The third-order valence-corrected chi connectivity index (χ3v) is 8.43. The standard InChI is InChI=1S/C27H30F2N4O4S/c1-16(37-22-8-2-17(28)3-9-22)25(34)31-19-4-6-20(7-5-19)33-26(35)23-14-18(29)15-30-24(23)32(27(33)36)21-10-12-38-13-11-21/h2-3,8-9,14-16,19-21H,4-7,10-13H2,1H3,(H,31,34)/t16?,19-,20+. The average molecular weight is 545 g/mol. The fourth-order valence-electron chi connectivity index (χ4n) is 5.37. The maximum absolute atomic E-state index is 14.1. The van der Waals surface area contributed by atoms with Gasteiger partial charge in [-0.25, -0.2) is 18.6 Å². The van der Waals surface area contributed by atoms with Gasteiger partial charge in [-0.2, -0.15) is 11.8 Å². The number of fused-ring (bicyclic) bond motifs is 1. The lowest BCUT2D eigenvalue weighted by Crippen LogP contribution is -2.47. The van der Waals surface area contributed by atoms with Crippen LogP contribution in [0.1, 0.15) is 57.5 Å². The van der Waals surface area contributed by atoms with E-state index in [1.807, 2.05) is 11.8 Å². The quantitative estimate of drug-likeness (QED) is 0.505. The summed E-state index contributed by atoms with van der Waals surface area (Å²) in [6, 6.07) is 6.05. The summed E-state index contributed by atoms with van der Waals surface area (Å²) in [5.41, 5.74) is -0.676. The summed E-state index contributed by atoms with van der Waals surface area (Å²) in [4.78, 5) is 43.9. The molecule has 3 heterocycles. The molecule has 0 radical (unpaired) electrons. The van der Waals surface area contributed by atoms with E-state index in [9.17, 15) is 23.2 Å². The number of nitrogens with zero attached hydrogens (tertiary/aromatic N) is 3. The number of benzene rings is 1. The van der Waals surface area contributed by atoms with Crippen molar-refractivity contribution in [3.05, 3.63) is 69.0 Å². The molecule has 1 amide bonds. The maximum atomic E-state index is 14.1. The molecule has 2 aliphatic rings. The highest BCUT2D eigenvalue weighted by Crippen LogP contribution is 2.30. The molecule has 2 fully saturated rings. The Morgan fingerprint density at radius 2 is 1.66 bits per heavy atom. The van der Waals surface area contributed by atoms with Gasteiger partial charge in [0.15, 0.2) is 6.10 Å². The molecule has 1 N–H and O–H groups in total. The van der Waals surface area contributed by atoms with Gasteiger partial charge >= 0.3 is 5.69 Å². The van der Waals surface area contributed by atoms with Gasteiger partial charge in [-0.15, -0.1) is 0 Å². The Kier molecular flexibility index (Phi) is 7.83. The van der Waals surface area contributed by atoms with E-state index in [0.717, 1.165) is 30.5 Å². The van der Waals surface area contributed by atoms with E-state index in [0.29, 0.717) is 31.4 Å². The van der Waals surface area contributed by atoms with Gasteiger partial charge in [0, 0.05) is 18.1 Å². The van der Waals surface area contributed by atoms with Crippen molar-refractivity contribution in [1.82, 2.24) is 19.4 Å². The van der Waals surface area contributed by atoms with Crippen molar-refractivity contribution in [3.8, 4) is 5.75 Å². The molecular formula is C27H30F2N4O4S. The zero-order chi connectivity index (χ0) is 26.8. The van der Waals surface area contributed by atoms with Gasteiger partial charge in [0.05, 0.1) is 11.6 Å². The molecule has 0 spiro atoms. The molecule has 3 aromatic rings. The number of carbonyl (C=O) groups is 1. The number of carbonyl (C=O) groups excluding carboxylic acids is 1. The monoisotopic (exact) mass is 544 g/mol. The van der Waals surface area contributed by atoms with E-state index in [4.69, 9.17) is 4.74 Å². The Morgan fingerprint density at radius 3 is 2.34 bits per heavy atom. The number of aromatic nitrogens is 3. The van der Waals surface area contributed by atoms with Gasteiger partial charge in [0.1, 0.15) is 23.0 Å². The number of nitrogens with one attached hydrogen (secondary N) is 1. The Bertz CT molecular complexity index is 1430. The molecule has 11 heteroatoms. The maximum Gasteiger partial charge on any atom is 0.333 e. The van der Waals surface area contributed by atoms with E-state index < -0.39 is 23.2 Å². The lowest BCUT2D eigenvalue weighted by Gasteiger charge is -2.32. The first-order valence-electron chi connectivity index (χ1n) is 12.9.